The number of rotatable bonds is 4. The van der Waals surface area contributed by atoms with Crippen LogP contribution in [0.2, 0.25) is 5.02 Å². The van der Waals surface area contributed by atoms with Gasteiger partial charge in [0.1, 0.15) is 0 Å². The molecule has 0 aliphatic carbocycles. The Morgan fingerprint density at radius 1 is 1.38 bits per heavy atom. The van der Waals surface area contributed by atoms with E-state index in [0.29, 0.717) is 16.4 Å². The number of esters is 1. The summed E-state index contributed by atoms with van der Waals surface area (Å²) in [5, 5.41) is 2.49. The molecule has 5 nitrogen and oxygen atoms in total. The Kier molecular flexibility index (Phi) is 5.30. The molecule has 1 aromatic heterocycles. The van der Waals surface area contributed by atoms with Gasteiger partial charge in [0, 0.05) is 23.5 Å². The number of aromatic nitrogens is 1. The Morgan fingerprint density at radius 2 is 2.14 bits per heavy atom. The molecule has 2 rings (SSSR count). The van der Waals surface area contributed by atoms with Crippen molar-refractivity contribution in [2.24, 2.45) is 4.99 Å². The molecular formula is C14H13ClN2O3S. The van der Waals surface area contributed by atoms with Crippen LogP contribution in [0.4, 0.5) is 0 Å². The quantitative estimate of drug-likeness (QED) is 0.810. The minimum absolute atomic E-state index is 0.348. The lowest BCUT2D eigenvalue weighted by Gasteiger charge is -2.05. The highest BCUT2D eigenvalue weighted by Crippen LogP contribution is 2.15. The van der Waals surface area contributed by atoms with Crippen molar-refractivity contribution in [3.8, 4) is 0 Å². The van der Waals surface area contributed by atoms with Crippen LogP contribution >= 0.6 is 22.9 Å². The Hall–Kier alpha value is -1.92. The molecule has 0 saturated carbocycles. The van der Waals surface area contributed by atoms with Crippen molar-refractivity contribution in [3.05, 3.63) is 51.2 Å². The maximum atomic E-state index is 11.6. The van der Waals surface area contributed by atoms with Crippen LogP contribution in [-0.2, 0) is 20.9 Å². The lowest BCUT2D eigenvalue weighted by molar-refractivity contribution is -0.145. The third-order valence-electron chi connectivity index (χ3n) is 2.58. The summed E-state index contributed by atoms with van der Waals surface area (Å²) in [4.78, 5) is 26.7. The topological polar surface area (TPSA) is 60.7 Å². The van der Waals surface area contributed by atoms with E-state index in [1.807, 2.05) is 40.4 Å². The van der Waals surface area contributed by atoms with Crippen molar-refractivity contribution >= 4 is 34.8 Å². The first-order valence-electron chi connectivity index (χ1n) is 6.14. The van der Waals surface area contributed by atoms with E-state index in [1.54, 1.807) is 0 Å². The zero-order chi connectivity index (χ0) is 15.2. The molecule has 0 bridgehead atoms. The van der Waals surface area contributed by atoms with E-state index >= 15 is 0 Å². The van der Waals surface area contributed by atoms with Gasteiger partial charge in [-0.15, -0.1) is 11.3 Å². The molecule has 0 atom stereocenters. The van der Waals surface area contributed by atoms with Crippen molar-refractivity contribution < 1.29 is 14.3 Å². The lowest BCUT2D eigenvalue weighted by atomic mass is 10.2. The van der Waals surface area contributed by atoms with Gasteiger partial charge in [-0.2, -0.15) is 4.99 Å². The predicted octanol–water partition coefficient (Wildman–Crippen LogP) is 2.24. The smallest absolute Gasteiger partial charge is 0.303 e. The van der Waals surface area contributed by atoms with Gasteiger partial charge in [-0.3, -0.25) is 9.59 Å². The fourth-order valence-electron chi connectivity index (χ4n) is 1.62. The number of hydrogen-bond acceptors (Lipinski definition) is 4. The first-order chi connectivity index (χ1) is 10.1. The number of nitrogens with zero attached hydrogens (tertiary/aromatic N) is 2. The molecule has 21 heavy (non-hydrogen) atoms. The van der Waals surface area contributed by atoms with Crippen LogP contribution in [0.15, 0.2) is 40.8 Å². The predicted molar refractivity (Wildman–Crippen MR) is 80.1 cm³/mol. The van der Waals surface area contributed by atoms with E-state index in [1.165, 1.54) is 18.3 Å². The van der Waals surface area contributed by atoms with Crippen LogP contribution in [0.25, 0.3) is 0 Å². The Balaban J connectivity index is 2.17. The van der Waals surface area contributed by atoms with E-state index < -0.39 is 11.9 Å². The second-order valence-corrected chi connectivity index (χ2v) is 5.47. The molecular weight excluding hydrogens is 312 g/mol. The first kappa shape index (κ1) is 15.5. The number of halogens is 1. The molecule has 0 unspecified atom stereocenters. The van der Waals surface area contributed by atoms with Crippen LogP contribution in [-0.4, -0.2) is 23.1 Å². The van der Waals surface area contributed by atoms with Gasteiger partial charge in [0.2, 0.25) is 0 Å². The summed E-state index contributed by atoms with van der Waals surface area (Å²) >= 11 is 7.45. The second-order valence-electron chi connectivity index (χ2n) is 4.19. The van der Waals surface area contributed by atoms with Crippen molar-refractivity contribution in [2.45, 2.75) is 13.5 Å². The van der Waals surface area contributed by atoms with Gasteiger partial charge in [-0.1, -0.05) is 29.8 Å². The molecule has 1 amide bonds. The van der Waals surface area contributed by atoms with Crippen molar-refractivity contribution in [1.29, 1.82) is 0 Å². The molecule has 0 aliphatic heterocycles. The summed E-state index contributed by atoms with van der Waals surface area (Å²) in [7, 11) is 0. The van der Waals surface area contributed by atoms with Crippen LogP contribution < -0.4 is 4.80 Å². The highest BCUT2D eigenvalue weighted by Gasteiger charge is 2.05. The van der Waals surface area contributed by atoms with Gasteiger partial charge in [-0.05, 0) is 11.6 Å². The molecule has 0 radical (unpaired) electrons. The highest BCUT2D eigenvalue weighted by molar-refractivity contribution is 7.07. The zero-order valence-electron chi connectivity index (χ0n) is 11.3. The summed E-state index contributed by atoms with van der Waals surface area (Å²) in [5.41, 5.74) is 0.937. The lowest BCUT2D eigenvalue weighted by Crippen LogP contribution is -2.19. The van der Waals surface area contributed by atoms with Gasteiger partial charge in [0.25, 0.3) is 5.91 Å². The largest absolute Gasteiger partial charge is 0.456 e. The van der Waals surface area contributed by atoms with E-state index in [0.717, 1.165) is 5.56 Å². The minimum atomic E-state index is -0.506. The van der Waals surface area contributed by atoms with Crippen LogP contribution in [0.5, 0.6) is 0 Å². The SMILES string of the molecule is CC(=O)OCC(=O)N=c1sccn1Cc1ccccc1Cl. The van der Waals surface area contributed by atoms with Crippen molar-refractivity contribution in [2.75, 3.05) is 6.61 Å². The van der Waals surface area contributed by atoms with Crippen LogP contribution in [0, 0.1) is 0 Å². The van der Waals surface area contributed by atoms with Crippen molar-refractivity contribution in [1.82, 2.24) is 4.57 Å². The molecule has 7 heteroatoms. The second kappa shape index (κ2) is 7.19. The Labute approximate surface area is 130 Å². The van der Waals surface area contributed by atoms with Gasteiger partial charge >= 0.3 is 5.97 Å². The van der Waals surface area contributed by atoms with E-state index in [9.17, 15) is 9.59 Å². The summed E-state index contributed by atoms with van der Waals surface area (Å²) in [6.07, 6.45) is 1.83. The molecule has 2 aromatic rings. The minimum Gasteiger partial charge on any atom is -0.456 e. The number of amides is 1. The monoisotopic (exact) mass is 324 g/mol. The summed E-state index contributed by atoms with van der Waals surface area (Å²) in [6.45, 7) is 1.41. The van der Waals surface area contributed by atoms with E-state index in [-0.39, 0.29) is 6.61 Å². The molecule has 0 spiro atoms. The van der Waals surface area contributed by atoms with Crippen LogP contribution in [0.3, 0.4) is 0 Å². The van der Waals surface area contributed by atoms with Crippen molar-refractivity contribution in [3.63, 3.8) is 0 Å². The zero-order valence-corrected chi connectivity index (χ0v) is 12.9. The first-order valence-corrected chi connectivity index (χ1v) is 7.40. The maximum Gasteiger partial charge on any atom is 0.303 e. The number of benzene rings is 1. The maximum absolute atomic E-state index is 11.6. The van der Waals surface area contributed by atoms with Crippen LogP contribution in [0.1, 0.15) is 12.5 Å². The third-order valence-corrected chi connectivity index (χ3v) is 3.74. The number of hydrogen-bond donors (Lipinski definition) is 0. The third kappa shape index (κ3) is 4.54. The molecule has 0 saturated heterocycles. The van der Waals surface area contributed by atoms with Gasteiger partial charge in [0.15, 0.2) is 11.4 Å². The highest BCUT2D eigenvalue weighted by atomic mass is 35.5. The number of carbonyl (C=O) groups is 2. The molecule has 0 aliphatic rings. The van der Waals surface area contributed by atoms with Gasteiger partial charge in [-0.25, -0.2) is 0 Å². The van der Waals surface area contributed by atoms with Gasteiger partial charge < -0.3 is 9.30 Å². The van der Waals surface area contributed by atoms with E-state index in [4.69, 9.17) is 11.6 Å². The molecule has 1 aromatic carbocycles. The fourth-order valence-corrected chi connectivity index (χ4v) is 2.56. The number of carbonyl (C=O) groups excluding carboxylic acids is 2. The molecule has 0 N–H and O–H groups in total. The number of ether oxygens (including phenoxy) is 1. The molecule has 0 fully saturated rings. The van der Waals surface area contributed by atoms with Gasteiger partial charge in [0.05, 0.1) is 6.54 Å². The Bertz CT molecular complexity index is 721. The molecule has 1 heterocycles. The summed E-state index contributed by atoms with van der Waals surface area (Å²) in [6, 6.07) is 7.48. The standard InChI is InChI=1S/C14H13ClN2O3S/c1-10(18)20-9-13(19)16-14-17(6-7-21-14)8-11-4-2-3-5-12(11)15/h2-7H,8-9H2,1H3. The summed E-state index contributed by atoms with van der Waals surface area (Å²) in [5.74, 6) is -1.01. The summed E-state index contributed by atoms with van der Waals surface area (Å²) < 4.78 is 6.44. The fraction of sp³-hybridized carbons (Fsp3) is 0.214. The average Bonchev–Trinajstić information content (AvgIpc) is 2.86. The average molecular weight is 325 g/mol. The normalized spacial score (nSPS) is 11.4. The van der Waals surface area contributed by atoms with E-state index in [2.05, 4.69) is 9.73 Å². The molecule has 110 valence electrons. The number of thiazole rings is 1. The Morgan fingerprint density at radius 3 is 2.86 bits per heavy atom.